The SMILES string of the molecule is CC(NC1CCCc2occc21)C1CCOCC1. The summed E-state index contributed by atoms with van der Waals surface area (Å²) in [5, 5.41) is 3.82. The zero-order chi connectivity index (χ0) is 12.4. The summed E-state index contributed by atoms with van der Waals surface area (Å²) in [5.41, 5.74) is 1.39. The maximum Gasteiger partial charge on any atom is 0.108 e. The normalized spacial score (nSPS) is 26.8. The van der Waals surface area contributed by atoms with Gasteiger partial charge < -0.3 is 14.5 Å². The van der Waals surface area contributed by atoms with Crippen molar-refractivity contribution < 1.29 is 9.15 Å². The van der Waals surface area contributed by atoms with Gasteiger partial charge in [0.15, 0.2) is 0 Å². The number of fused-ring (bicyclic) bond motifs is 1. The van der Waals surface area contributed by atoms with Crippen LogP contribution in [0.5, 0.6) is 0 Å². The van der Waals surface area contributed by atoms with Crippen LogP contribution in [0, 0.1) is 5.92 Å². The Balaban J connectivity index is 1.63. The third-order valence-electron chi connectivity index (χ3n) is 4.49. The molecule has 2 heterocycles. The van der Waals surface area contributed by atoms with E-state index in [2.05, 4.69) is 18.3 Å². The lowest BCUT2D eigenvalue weighted by Gasteiger charge is -2.33. The minimum atomic E-state index is 0.491. The molecular formula is C15H23NO2. The van der Waals surface area contributed by atoms with Gasteiger partial charge in [0.05, 0.1) is 6.26 Å². The van der Waals surface area contributed by atoms with Crippen molar-refractivity contribution >= 4 is 0 Å². The third kappa shape index (κ3) is 2.47. The van der Waals surface area contributed by atoms with Crippen LogP contribution in [0.4, 0.5) is 0 Å². The number of rotatable bonds is 3. The van der Waals surface area contributed by atoms with Crippen LogP contribution in [0.2, 0.25) is 0 Å². The Morgan fingerprint density at radius 1 is 1.28 bits per heavy atom. The van der Waals surface area contributed by atoms with Gasteiger partial charge in [-0.3, -0.25) is 0 Å². The molecule has 0 spiro atoms. The summed E-state index contributed by atoms with van der Waals surface area (Å²) >= 11 is 0. The summed E-state index contributed by atoms with van der Waals surface area (Å²) in [7, 11) is 0. The average molecular weight is 249 g/mol. The van der Waals surface area contributed by atoms with Crippen LogP contribution in [-0.2, 0) is 11.2 Å². The van der Waals surface area contributed by atoms with Crippen molar-refractivity contribution in [1.29, 1.82) is 0 Å². The second-order valence-electron chi connectivity index (χ2n) is 5.65. The summed E-state index contributed by atoms with van der Waals surface area (Å²) in [6.45, 7) is 4.18. The van der Waals surface area contributed by atoms with Gasteiger partial charge in [0.25, 0.3) is 0 Å². The Morgan fingerprint density at radius 2 is 2.11 bits per heavy atom. The summed E-state index contributed by atoms with van der Waals surface area (Å²) < 4.78 is 11.0. The molecule has 3 nitrogen and oxygen atoms in total. The van der Waals surface area contributed by atoms with Gasteiger partial charge in [-0.15, -0.1) is 0 Å². The molecule has 3 rings (SSSR count). The minimum Gasteiger partial charge on any atom is -0.469 e. The number of furan rings is 1. The van der Waals surface area contributed by atoms with E-state index in [1.54, 1.807) is 0 Å². The van der Waals surface area contributed by atoms with Gasteiger partial charge in [0, 0.05) is 37.3 Å². The van der Waals surface area contributed by atoms with E-state index in [1.807, 2.05) is 6.26 Å². The molecule has 0 aromatic carbocycles. The molecule has 2 atom stereocenters. The second kappa shape index (κ2) is 5.45. The molecule has 3 heteroatoms. The van der Waals surface area contributed by atoms with Crippen molar-refractivity contribution in [1.82, 2.24) is 5.32 Å². The van der Waals surface area contributed by atoms with Gasteiger partial charge in [-0.25, -0.2) is 0 Å². The van der Waals surface area contributed by atoms with E-state index in [0.29, 0.717) is 12.1 Å². The smallest absolute Gasteiger partial charge is 0.108 e. The lowest BCUT2D eigenvalue weighted by Crippen LogP contribution is -2.39. The Morgan fingerprint density at radius 3 is 2.94 bits per heavy atom. The fraction of sp³-hybridized carbons (Fsp3) is 0.733. The molecule has 0 amide bonds. The fourth-order valence-electron chi connectivity index (χ4n) is 3.33. The predicted octanol–water partition coefficient (Wildman–Crippen LogP) is 3.06. The first-order valence-electron chi connectivity index (χ1n) is 7.24. The lowest BCUT2D eigenvalue weighted by atomic mass is 9.89. The molecule has 2 unspecified atom stereocenters. The van der Waals surface area contributed by atoms with Crippen LogP contribution in [0.15, 0.2) is 16.7 Å². The molecule has 2 aliphatic rings. The molecule has 100 valence electrons. The van der Waals surface area contributed by atoms with E-state index in [-0.39, 0.29) is 0 Å². The van der Waals surface area contributed by atoms with E-state index < -0.39 is 0 Å². The number of nitrogens with one attached hydrogen (secondary N) is 1. The first kappa shape index (κ1) is 12.2. The van der Waals surface area contributed by atoms with Crippen molar-refractivity contribution in [3.8, 4) is 0 Å². The summed E-state index contributed by atoms with van der Waals surface area (Å²) in [5.74, 6) is 1.95. The molecule has 0 saturated carbocycles. The molecular weight excluding hydrogens is 226 g/mol. The van der Waals surface area contributed by atoms with Gasteiger partial charge >= 0.3 is 0 Å². The Bertz CT molecular complexity index is 382. The van der Waals surface area contributed by atoms with E-state index in [1.165, 1.54) is 37.0 Å². The van der Waals surface area contributed by atoms with E-state index in [4.69, 9.17) is 9.15 Å². The van der Waals surface area contributed by atoms with E-state index >= 15 is 0 Å². The molecule has 0 radical (unpaired) electrons. The average Bonchev–Trinajstić information content (AvgIpc) is 2.89. The zero-order valence-corrected chi connectivity index (χ0v) is 11.2. The molecule has 1 N–H and O–H groups in total. The number of aryl methyl sites for hydroxylation is 1. The van der Waals surface area contributed by atoms with Gasteiger partial charge in [-0.1, -0.05) is 0 Å². The predicted molar refractivity (Wildman–Crippen MR) is 70.5 cm³/mol. The molecule has 0 bridgehead atoms. The third-order valence-corrected chi connectivity index (χ3v) is 4.49. The highest BCUT2D eigenvalue weighted by molar-refractivity contribution is 5.24. The highest BCUT2D eigenvalue weighted by atomic mass is 16.5. The van der Waals surface area contributed by atoms with Crippen LogP contribution in [0.3, 0.4) is 0 Å². The standard InChI is InChI=1S/C15H23NO2/c1-11(12-5-8-17-9-6-12)16-14-3-2-4-15-13(14)7-10-18-15/h7,10-12,14,16H,2-6,8-9H2,1H3. The fourth-order valence-corrected chi connectivity index (χ4v) is 3.33. The van der Waals surface area contributed by atoms with Gasteiger partial charge in [-0.05, 0) is 44.6 Å². The maximum atomic E-state index is 5.55. The molecule has 18 heavy (non-hydrogen) atoms. The summed E-state index contributed by atoms with van der Waals surface area (Å²) in [6.07, 6.45) is 7.80. The number of ether oxygens (including phenoxy) is 1. The molecule has 1 fully saturated rings. The highest BCUT2D eigenvalue weighted by Crippen LogP contribution is 2.32. The van der Waals surface area contributed by atoms with Crippen molar-refractivity contribution in [2.45, 2.75) is 51.1 Å². The first-order chi connectivity index (χ1) is 8.84. The van der Waals surface area contributed by atoms with Crippen LogP contribution >= 0.6 is 0 Å². The van der Waals surface area contributed by atoms with Crippen LogP contribution in [0.25, 0.3) is 0 Å². The first-order valence-corrected chi connectivity index (χ1v) is 7.24. The Hall–Kier alpha value is -0.800. The number of hydrogen-bond acceptors (Lipinski definition) is 3. The maximum absolute atomic E-state index is 5.55. The second-order valence-corrected chi connectivity index (χ2v) is 5.65. The van der Waals surface area contributed by atoms with Crippen LogP contribution in [-0.4, -0.2) is 19.3 Å². The van der Waals surface area contributed by atoms with Crippen molar-refractivity contribution in [2.75, 3.05) is 13.2 Å². The molecule has 1 aliphatic heterocycles. The lowest BCUT2D eigenvalue weighted by molar-refractivity contribution is 0.0540. The summed E-state index contributed by atoms with van der Waals surface area (Å²) in [4.78, 5) is 0. The Labute approximate surface area is 109 Å². The van der Waals surface area contributed by atoms with Crippen LogP contribution < -0.4 is 5.32 Å². The number of hydrogen-bond donors (Lipinski definition) is 1. The Kier molecular flexibility index (Phi) is 3.71. The van der Waals surface area contributed by atoms with Crippen molar-refractivity contribution in [2.24, 2.45) is 5.92 Å². The molecule has 1 saturated heterocycles. The van der Waals surface area contributed by atoms with Gasteiger partial charge in [-0.2, -0.15) is 0 Å². The molecule has 1 aliphatic carbocycles. The topological polar surface area (TPSA) is 34.4 Å². The summed E-state index contributed by atoms with van der Waals surface area (Å²) in [6, 6.07) is 3.20. The molecule has 1 aromatic rings. The van der Waals surface area contributed by atoms with Gasteiger partial charge in [0.2, 0.25) is 0 Å². The quantitative estimate of drug-likeness (QED) is 0.894. The van der Waals surface area contributed by atoms with Crippen molar-refractivity contribution in [3.05, 3.63) is 23.7 Å². The minimum absolute atomic E-state index is 0.491. The monoisotopic (exact) mass is 249 g/mol. The van der Waals surface area contributed by atoms with Crippen molar-refractivity contribution in [3.63, 3.8) is 0 Å². The largest absolute Gasteiger partial charge is 0.469 e. The van der Waals surface area contributed by atoms with E-state index in [9.17, 15) is 0 Å². The van der Waals surface area contributed by atoms with Gasteiger partial charge in [0.1, 0.15) is 5.76 Å². The van der Waals surface area contributed by atoms with E-state index in [0.717, 1.165) is 25.6 Å². The molecule has 1 aromatic heterocycles. The highest BCUT2D eigenvalue weighted by Gasteiger charge is 2.27. The zero-order valence-electron chi connectivity index (χ0n) is 11.2. The van der Waals surface area contributed by atoms with Crippen LogP contribution in [0.1, 0.15) is 50.0 Å².